The maximum atomic E-state index is 12.1. The lowest BCUT2D eigenvalue weighted by Crippen LogP contribution is -2.50. The Morgan fingerprint density at radius 3 is 2.88 bits per heavy atom. The van der Waals surface area contributed by atoms with E-state index < -0.39 is 0 Å². The Bertz CT molecular complexity index is 894. The molecule has 1 N–H and O–H groups in total. The van der Waals surface area contributed by atoms with Crippen LogP contribution in [0.3, 0.4) is 0 Å². The van der Waals surface area contributed by atoms with Crippen molar-refractivity contribution in [3.05, 3.63) is 62.5 Å². The molecule has 0 radical (unpaired) electrons. The Morgan fingerprint density at radius 2 is 2.08 bits per heavy atom. The van der Waals surface area contributed by atoms with Crippen LogP contribution in [0.1, 0.15) is 23.6 Å². The molecular formula is C19H20BrN3OS. The number of halogens is 1. The number of fused-ring (bicyclic) bond motifs is 4. The molecule has 2 aliphatic heterocycles. The summed E-state index contributed by atoms with van der Waals surface area (Å²) in [6.45, 7) is 4.61. The number of nitrogens with zero attached hydrogens (tertiary/aromatic N) is 2. The first-order valence-corrected chi connectivity index (χ1v) is 9.73. The van der Waals surface area contributed by atoms with Crippen molar-refractivity contribution in [3.63, 3.8) is 0 Å². The highest BCUT2D eigenvalue weighted by atomic mass is 79.9. The van der Waals surface area contributed by atoms with Gasteiger partial charge in [0.2, 0.25) is 0 Å². The molecule has 0 saturated carbocycles. The summed E-state index contributed by atoms with van der Waals surface area (Å²) in [7, 11) is 0. The topological polar surface area (TPSA) is 37.3 Å². The van der Waals surface area contributed by atoms with Gasteiger partial charge in [0.05, 0.1) is 5.69 Å². The molecule has 2 aliphatic rings. The number of likely N-dealkylation sites (tertiary alicyclic amines) is 1. The van der Waals surface area contributed by atoms with E-state index in [0.29, 0.717) is 11.8 Å². The molecule has 2 unspecified atom stereocenters. The first-order chi connectivity index (χ1) is 12.0. The fourth-order valence-corrected chi connectivity index (χ4v) is 4.83. The van der Waals surface area contributed by atoms with Crippen molar-refractivity contribution in [2.24, 2.45) is 5.92 Å². The number of benzene rings is 1. The van der Waals surface area contributed by atoms with Gasteiger partial charge in [-0.2, -0.15) is 0 Å². The van der Waals surface area contributed by atoms with E-state index in [1.54, 1.807) is 6.07 Å². The fourth-order valence-electron chi connectivity index (χ4n) is 3.98. The Balaban J connectivity index is 1.54. The SMILES string of the molecule is Cc1ccc(NC(=S)N2CC3CC(C2)c2cccc(=O)n2C3)c(Br)c1. The van der Waals surface area contributed by atoms with Crippen LogP contribution in [0.5, 0.6) is 0 Å². The normalized spacial score (nSPS) is 21.6. The van der Waals surface area contributed by atoms with Crippen molar-refractivity contribution in [2.45, 2.75) is 25.8 Å². The Kier molecular flexibility index (Phi) is 4.41. The van der Waals surface area contributed by atoms with Gasteiger partial charge >= 0.3 is 0 Å². The van der Waals surface area contributed by atoms with Crippen LogP contribution in [0, 0.1) is 12.8 Å². The second kappa shape index (κ2) is 6.57. The maximum Gasteiger partial charge on any atom is 0.250 e. The summed E-state index contributed by atoms with van der Waals surface area (Å²) < 4.78 is 2.97. The lowest BCUT2D eigenvalue weighted by atomic mass is 9.83. The highest BCUT2D eigenvalue weighted by Gasteiger charge is 2.35. The van der Waals surface area contributed by atoms with E-state index in [1.807, 2.05) is 16.7 Å². The van der Waals surface area contributed by atoms with E-state index in [0.717, 1.165) is 47.0 Å². The molecule has 3 heterocycles. The van der Waals surface area contributed by atoms with E-state index in [-0.39, 0.29) is 5.56 Å². The third kappa shape index (κ3) is 3.25. The number of pyridine rings is 1. The highest BCUT2D eigenvalue weighted by molar-refractivity contribution is 9.10. The molecule has 130 valence electrons. The van der Waals surface area contributed by atoms with Crippen LogP contribution >= 0.6 is 28.1 Å². The van der Waals surface area contributed by atoms with Gasteiger partial charge in [-0.1, -0.05) is 12.1 Å². The Hall–Kier alpha value is -1.66. The molecule has 1 fully saturated rings. The van der Waals surface area contributed by atoms with Gasteiger partial charge in [-0.25, -0.2) is 0 Å². The Labute approximate surface area is 161 Å². The van der Waals surface area contributed by atoms with E-state index in [1.165, 1.54) is 5.56 Å². The number of piperidine rings is 1. The zero-order valence-electron chi connectivity index (χ0n) is 14.0. The molecule has 0 spiro atoms. The van der Waals surface area contributed by atoms with Crippen molar-refractivity contribution < 1.29 is 0 Å². The first-order valence-electron chi connectivity index (χ1n) is 8.53. The van der Waals surface area contributed by atoms with Crippen LogP contribution in [-0.2, 0) is 6.54 Å². The average molecular weight is 418 g/mol. The molecule has 6 heteroatoms. The summed E-state index contributed by atoms with van der Waals surface area (Å²) >= 11 is 9.28. The zero-order valence-corrected chi connectivity index (χ0v) is 16.4. The third-order valence-electron chi connectivity index (χ3n) is 5.13. The molecule has 4 rings (SSSR count). The molecule has 2 aromatic rings. The van der Waals surface area contributed by atoms with Crippen molar-refractivity contribution in [1.29, 1.82) is 0 Å². The summed E-state index contributed by atoms with van der Waals surface area (Å²) in [5.41, 5.74) is 3.46. The van der Waals surface area contributed by atoms with Gasteiger partial charge in [0.15, 0.2) is 5.11 Å². The van der Waals surface area contributed by atoms with Gasteiger partial charge in [0.1, 0.15) is 0 Å². The third-order valence-corrected chi connectivity index (χ3v) is 6.15. The number of aryl methyl sites for hydroxylation is 1. The van der Waals surface area contributed by atoms with E-state index in [2.05, 4.69) is 51.3 Å². The largest absolute Gasteiger partial charge is 0.348 e. The maximum absolute atomic E-state index is 12.1. The van der Waals surface area contributed by atoms with Crippen LogP contribution in [0.15, 0.2) is 45.7 Å². The van der Waals surface area contributed by atoms with Crippen molar-refractivity contribution in [2.75, 3.05) is 18.4 Å². The molecule has 0 amide bonds. The van der Waals surface area contributed by atoms with E-state index in [4.69, 9.17) is 12.2 Å². The van der Waals surface area contributed by atoms with Crippen molar-refractivity contribution in [1.82, 2.24) is 9.47 Å². The van der Waals surface area contributed by atoms with E-state index >= 15 is 0 Å². The number of aromatic nitrogens is 1. The van der Waals surface area contributed by atoms with Crippen LogP contribution in [0.4, 0.5) is 5.69 Å². The van der Waals surface area contributed by atoms with E-state index in [9.17, 15) is 4.79 Å². The summed E-state index contributed by atoms with van der Waals surface area (Å²) in [5, 5.41) is 4.13. The Morgan fingerprint density at radius 1 is 1.24 bits per heavy atom. The monoisotopic (exact) mass is 417 g/mol. The molecular weight excluding hydrogens is 398 g/mol. The number of rotatable bonds is 1. The number of hydrogen-bond acceptors (Lipinski definition) is 2. The summed E-state index contributed by atoms with van der Waals surface area (Å²) in [4.78, 5) is 14.4. The zero-order chi connectivity index (χ0) is 17.6. The molecule has 2 atom stereocenters. The van der Waals surface area contributed by atoms with Crippen LogP contribution < -0.4 is 10.9 Å². The first kappa shape index (κ1) is 16.8. The number of hydrogen-bond donors (Lipinski definition) is 1. The minimum Gasteiger partial charge on any atom is -0.348 e. The standard InChI is InChI=1S/C19H20BrN3OS/c1-12-5-6-16(15(20)7-12)21-19(25)22-9-13-8-14(11-22)17-3-2-4-18(24)23(17)10-13/h2-7,13-14H,8-11H2,1H3,(H,21,25). The quantitative estimate of drug-likeness (QED) is 0.717. The molecule has 0 aliphatic carbocycles. The molecule has 1 aromatic carbocycles. The number of anilines is 1. The van der Waals surface area contributed by atoms with Gasteiger partial charge in [-0.05, 0) is 71.2 Å². The summed E-state index contributed by atoms with van der Waals surface area (Å²) in [5.74, 6) is 0.829. The minimum atomic E-state index is 0.116. The summed E-state index contributed by atoms with van der Waals surface area (Å²) in [6.07, 6.45) is 1.14. The summed E-state index contributed by atoms with van der Waals surface area (Å²) in [6, 6.07) is 11.8. The molecule has 4 nitrogen and oxygen atoms in total. The fraction of sp³-hybridized carbons (Fsp3) is 0.368. The molecule has 1 aromatic heterocycles. The average Bonchev–Trinajstić information content (AvgIpc) is 2.58. The lowest BCUT2D eigenvalue weighted by Gasteiger charge is -2.43. The number of nitrogens with one attached hydrogen (secondary N) is 1. The van der Waals surface area contributed by atoms with Crippen molar-refractivity contribution in [3.8, 4) is 0 Å². The minimum absolute atomic E-state index is 0.116. The highest BCUT2D eigenvalue weighted by Crippen LogP contribution is 2.35. The second-order valence-corrected chi connectivity index (χ2v) is 8.26. The molecule has 25 heavy (non-hydrogen) atoms. The smallest absolute Gasteiger partial charge is 0.250 e. The van der Waals surface area contributed by atoms with Gasteiger partial charge in [-0.3, -0.25) is 4.79 Å². The predicted molar refractivity (Wildman–Crippen MR) is 108 cm³/mol. The van der Waals surface area contributed by atoms with Gasteiger partial charge in [0, 0.05) is 41.8 Å². The molecule has 2 bridgehead atoms. The van der Waals surface area contributed by atoms with Gasteiger partial charge in [-0.15, -0.1) is 0 Å². The van der Waals surface area contributed by atoms with Crippen molar-refractivity contribution >= 4 is 38.9 Å². The lowest BCUT2D eigenvalue weighted by molar-refractivity contribution is 0.180. The van der Waals surface area contributed by atoms with Gasteiger partial charge in [0.25, 0.3) is 5.56 Å². The van der Waals surface area contributed by atoms with Crippen LogP contribution in [-0.4, -0.2) is 27.7 Å². The van der Waals surface area contributed by atoms with Crippen LogP contribution in [0.2, 0.25) is 0 Å². The van der Waals surface area contributed by atoms with Gasteiger partial charge < -0.3 is 14.8 Å². The molecule has 1 saturated heterocycles. The van der Waals surface area contributed by atoms with Crippen LogP contribution in [0.25, 0.3) is 0 Å². The number of thiocarbonyl (C=S) groups is 1. The second-order valence-electron chi connectivity index (χ2n) is 7.02. The predicted octanol–water partition coefficient (Wildman–Crippen LogP) is 3.74.